The normalized spacial score (nSPS) is 16.2. The lowest BCUT2D eigenvalue weighted by Crippen LogP contribution is -2.30. The Labute approximate surface area is 145 Å². The van der Waals surface area contributed by atoms with Crippen LogP contribution in [0.25, 0.3) is 0 Å². The predicted molar refractivity (Wildman–Crippen MR) is 101 cm³/mol. The summed E-state index contributed by atoms with van der Waals surface area (Å²) in [5.41, 5.74) is 2.67. The Morgan fingerprint density at radius 3 is 2.54 bits per heavy atom. The molecule has 0 N–H and O–H groups in total. The Morgan fingerprint density at radius 2 is 1.75 bits per heavy atom. The summed E-state index contributed by atoms with van der Waals surface area (Å²) in [5.74, 6) is 0.975. The summed E-state index contributed by atoms with van der Waals surface area (Å²) in [6.45, 7) is 9.61. The van der Waals surface area contributed by atoms with Crippen LogP contribution in [-0.4, -0.2) is 37.2 Å². The third kappa shape index (κ3) is 4.75. The molecule has 1 saturated heterocycles. The van der Waals surface area contributed by atoms with Gasteiger partial charge in [0.25, 0.3) is 0 Å². The van der Waals surface area contributed by atoms with Crippen LogP contribution in [-0.2, 0) is 6.54 Å². The van der Waals surface area contributed by atoms with Crippen LogP contribution < -0.4 is 9.64 Å². The second-order valence-electron chi connectivity index (χ2n) is 6.77. The molecule has 0 unspecified atom stereocenters. The minimum Gasteiger partial charge on any atom is -0.491 e. The third-order valence-corrected chi connectivity index (χ3v) is 4.39. The van der Waals surface area contributed by atoms with Crippen LogP contribution >= 0.6 is 0 Å². The molecule has 128 valence electrons. The maximum absolute atomic E-state index is 5.82. The molecular weight excluding hydrogens is 296 g/mol. The van der Waals surface area contributed by atoms with Crippen molar-refractivity contribution in [3.8, 4) is 5.75 Å². The summed E-state index contributed by atoms with van der Waals surface area (Å²) >= 11 is 0. The van der Waals surface area contributed by atoms with Gasteiger partial charge in [-0.05, 0) is 50.1 Å². The van der Waals surface area contributed by atoms with E-state index >= 15 is 0 Å². The van der Waals surface area contributed by atoms with Gasteiger partial charge in [0.05, 0.1) is 6.10 Å². The van der Waals surface area contributed by atoms with Gasteiger partial charge in [0.2, 0.25) is 0 Å². The predicted octanol–water partition coefficient (Wildman–Crippen LogP) is 4.19. The van der Waals surface area contributed by atoms with Gasteiger partial charge in [-0.15, -0.1) is 0 Å². The van der Waals surface area contributed by atoms with Crippen LogP contribution in [0.2, 0.25) is 0 Å². The monoisotopic (exact) mass is 324 g/mol. The van der Waals surface area contributed by atoms with Gasteiger partial charge in [0.1, 0.15) is 5.75 Å². The number of para-hydroxylation sites is 1. The van der Waals surface area contributed by atoms with E-state index in [1.54, 1.807) is 0 Å². The molecule has 1 heterocycles. The standard InChI is InChI=1S/C21H28N2O/c1-18(2)24-21-11-6-8-19(16-21)17-22-12-7-13-23(15-14-22)20-9-4-3-5-10-20/h3-6,8-11,16,18H,7,12-15,17H2,1-2H3. The summed E-state index contributed by atoms with van der Waals surface area (Å²) < 4.78 is 5.82. The van der Waals surface area contributed by atoms with E-state index in [1.807, 2.05) is 6.07 Å². The molecule has 3 heteroatoms. The maximum Gasteiger partial charge on any atom is 0.120 e. The van der Waals surface area contributed by atoms with Gasteiger partial charge in [-0.25, -0.2) is 0 Å². The van der Waals surface area contributed by atoms with Crippen molar-refractivity contribution < 1.29 is 4.74 Å². The van der Waals surface area contributed by atoms with E-state index in [4.69, 9.17) is 4.74 Å². The highest BCUT2D eigenvalue weighted by atomic mass is 16.5. The van der Waals surface area contributed by atoms with Gasteiger partial charge in [-0.3, -0.25) is 4.90 Å². The first-order valence-corrected chi connectivity index (χ1v) is 8.98. The van der Waals surface area contributed by atoms with Crippen LogP contribution in [0.1, 0.15) is 25.8 Å². The first-order chi connectivity index (χ1) is 11.7. The molecule has 3 rings (SSSR count). The highest BCUT2D eigenvalue weighted by Gasteiger charge is 2.15. The molecule has 0 aromatic heterocycles. The molecule has 0 aliphatic carbocycles. The van der Waals surface area contributed by atoms with Crippen molar-refractivity contribution in [3.05, 3.63) is 60.2 Å². The molecule has 3 nitrogen and oxygen atoms in total. The lowest BCUT2D eigenvalue weighted by Gasteiger charge is -2.23. The van der Waals surface area contributed by atoms with Crippen LogP contribution in [0.15, 0.2) is 54.6 Å². The summed E-state index contributed by atoms with van der Waals surface area (Å²) in [7, 11) is 0. The Morgan fingerprint density at radius 1 is 0.917 bits per heavy atom. The van der Waals surface area contributed by atoms with Crippen molar-refractivity contribution in [1.29, 1.82) is 0 Å². The van der Waals surface area contributed by atoms with Crippen LogP contribution in [0, 0.1) is 0 Å². The number of hydrogen-bond donors (Lipinski definition) is 0. The zero-order valence-electron chi connectivity index (χ0n) is 14.8. The molecular formula is C21H28N2O. The molecule has 0 saturated carbocycles. The SMILES string of the molecule is CC(C)Oc1cccc(CN2CCCN(c3ccccc3)CC2)c1. The topological polar surface area (TPSA) is 15.7 Å². The van der Waals surface area contributed by atoms with Crippen molar-refractivity contribution in [2.45, 2.75) is 32.9 Å². The van der Waals surface area contributed by atoms with E-state index in [2.05, 4.69) is 72.2 Å². The first kappa shape index (κ1) is 16.8. The second kappa shape index (κ2) is 8.20. The molecule has 0 bridgehead atoms. The Kier molecular flexibility index (Phi) is 5.76. The first-order valence-electron chi connectivity index (χ1n) is 8.98. The lowest BCUT2D eigenvalue weighted by atomic mass is 10.2. The zero-order valence-corrected chi connectivity index (χ0v) is 14.8. The van der Waals surface area contributed by atoms with Crippen LogP contribution in [0.3, 0.4) is 0 Å². The van der Waals surface area contributed by atoms with Crippen molar-refractivity contribution in [2.75, 3.05) is 31.1 Å². The van der Waals surface area contributed by atoms with Crippen molar-refractivity contribution >= 4 is 5.69 Å². The summed E-state index contributed by atoms with van der Waals surface area (Å²) in [6.07, 6.45) is 1.43. The van der Waals surface area contributed by atoms with Gasteiger partial charge in [-0.2, -0.15) is 0 Å². The zero-order chi connectivity index (χ0) is 16.8. The Hall–Kier alpha value is -2.00. The number of rotatable bonds is 5. The second-order valence-corrected chi connectivity index (χ2v) is 6.77. The van der Waals surface area contributed by atoms with E-state index in [1.165, 1.54) is 17.7 Å². The molecule has 1 fully saturated rings. The number of anilines is 1. The van der Waals surface area contributed by atoms with Crippen LogP contribution in [0.5, 0.6) is 5.75 Å². The van der Waals surface area contributed by atoms with Gasteiger partial charge in [0, 0.05) is 38.4 Å². The molecule has 1 aliphatic heterocycles. The number of nitrogens with zero attached hydrogens (tertiary/aromatic N) is 2. The molecule has 0 atom stereocenters. The summed E-state index contributed by atoms with van der Waals surface area (Å²) in [4.78, 5) is 5.05. The highest BCUT2D eigenvalue weighted by Crippen LogP contribution is 2.19. The lowest BCUT2D eigenvalue weighted by molar-refractivity contribution is 0.241. The van der Waals surface area contributed by atoms with E-state index < -0.39 is 0 Å². The van der Waals surface area contributed by atoms with Gasteiger partial charge >= 0.3 is 0 Å². The smallest absolute Gasteiger partial charge is 0.120 e. The molecule has 2 aromatic carbocycles. The largest absolute Gasteiger partial charge is 0.491 e. The van der Waals surface area contributed by atoms with Crippen LogP contribution in [0.4, 0.5) is 5.69 Å². The minimum absolute atomic E-state index is 0.220. The summed E-state index contributed by atoms with van der Waals surface area (Å²) in [5, 5.41) is 0. The van der Waals surface area contributed by atoms with Gasteiger partial charge < -0.3 is 9.64 Å². The number of benzene rings is 2. The van der Waals surface area contributed by atoms with Gasteiger partial charge in [-0.1, -0.05) is 30.3 Å². The molecule has 0 spiro atoms. The Bertz CT molecular complexity index is 627. The third-order valence-electron chi connectivity index (χ3n) is 4.39. The molecule has 2 aromatic rings. The van der Waals surface area contributed by atoms with E-state index in [9.17, 15) is 0 Å². The fraction of sp³-hybridized carbons (Fsp3) is 0.429. The highest BCUT2D eigenvalue weighted by molar-refractivity contribution is 5.46. The molecule has 0 radical (unpaired) electrons. The quantitative estimate of drug-likeness (QED) is 0.820. The van der Waals surface area contributed by atoms with Crippen molar-refractivity contribution in [3.63, 3.8) is 0 Å². The maximum atomic E-state index is 5.82. The number of hydrogen-bond acceptors (Lipinski definition) is 3. The average molecular weight is 324 g/mol. The Balaban J connectivity index is 1.59. The average Bonchev–Trinajstić information content (AvgIpc) is 2.81. The van der Waals surface area contributed by atoms with E-state index in [0.717, 1.165) is 38.5 Å². The van der Waals surface area contributed by atoms with Crippen molar-refractivity contribution in [1.82, 2.24) is 4.90 Å². The van der Waals surface area contributed by atoms with Crippen molar-refractivity contribution in [2.24, 2.45) is 0 Å². The summed E-state index contributed by atoms with van der Waals surface area (Å²) in [6, 6.07) is 19.3. The van der Waals surface area contributed by atoms with E-state index in [0.29, 0.717) is 0 Å². The van der Waals surface area contributed by atoms with E-state index in [-0.39, 0.29) is 6.10 Å². The number of ether oxygens (including phenoxy) is 1. The molecule has 1 aliphatic rings. The molecule has 0 amide bonds. The fourth-order valence-corrected chi connectivity index (χ4v) is 3.27. The minimum atomic E-state index is 0.220. The van der Waals surface area contributed by atoms with Gasteiger partial charge in [0.15, 0.2) is 0 Å². The fourth-order valence-electron chi connectivity index (χ4n) is 3.27. The molecule has 24 heavy (non-hydrogen) atoms.